The van der Waals surface area contributed by atoms with Crippen LogP contribution in [0.15, 0.2) is 30.3 Å². The van der Waals surface area contributed by atoms with Gasteiger partial charge in [0.1, 0.15) is 0 Å². The molecule has 0 heterocycles. The molecule has 1 atom stereocenters. The molecule has 1 unspecified atom stereocenters. The Morgan fingerprint density at radius 3 is 2.29 bits per heavy atom. The second-order valence-electron chi connectivity index (χ2n) is 5.19. The SMILES string of the molecule is CC(C)OCC(NN)C(C)(C)c1ccccc1. The summed E-state index contributed by atoms with van der Waals surface area (Å²) in [6.07, 6.45) is 0.220. The third-order valence-electron chi connectivity index (χ3n) is 3.19. The van der Waals surface area contributed by atoms with Gasteiger partial charge in [-0.05, 0) is 19.4 Å². The van der Waals surface area contributed by atoms with E-state index in [4.69, 9.17) is 10.6 Å². The second-order valence-corrected chi connectivity index (χ2v) is 5.19. The summed E-state index contributed by atoms with van der Waals surface area (Å²) in [5.74, 6) is 5.65. The third-order valence-corrected chi connectivity index (χ3v) is 3.19. The highest BCUT2D eigenvalue weighted by Gasteiger charge is 2.30. The minimum atomic E-state index is -0.0646. The van der Waals surface area contributed by atoms with Crippen molar-refractivity contribution in [2.24, 2.45) is 5.84 Å². The summed E-state index contributed by atoms with van der Waals surface area (Å²) in [7, 11) is 0. The topological polar surface area (TPSA) is 47.3 Å². The molecule has 0 aliphatic heterocycles. The van der Waals surface area contributed by atoms with Crippen LogP contribution in [0.25, 0.3) is 0 Å². The first-order valence-corrected chi connectivity index (χ1v) is 6.11. The second kappa shape index (κ2) is 6.15. The maximum absolute atomic E-state index is 5.66. The van der Waals surface area contributed by atoms with Gasteiger partial charge in [-0.15, -0.1) is 0 Å². The minimum Gasteiger partial charge on any atom is -0.377 e. The van der Waals surface area contributed by atoms with Crippen LogP contribution in [0, 0.1) is 0 Å². The summed E-state index contributed by atoms with van der Waals surface area (Å²) < 4.78 is 5.66. The largest absolute Gasteiger partial charge is 0.377 e. The minimum absolute atomic E-state index is 0.0646. The Bertz CT molecular complexity index is 322. The van der Waals surface area contributed by atoms with Gasteiger partial charge in [-0.25, -0.2) is 0 Å². The molecule has 0 aliphatic rings. The van der Waals surface area contributed by atoms with Crippen LogP contribution in [0.3, 0.4) is 0 Å². The molecule has 0 radical (unpaired) electrons. The van der Waals surface area contributed by atoms with Gasteiger partial charge >= 0.3 is 0 Å². The molecule has 0 saturated carbocycles. The fraction of sp³-hybridized carbons (Fsp3) is 0.571. The van der Waals surface area contributed by atoms with Crippen molar-refractivity contribution in [1.29, 1.82) is 0 Å². The molecule has 1 rings (SSSR count). The van der Waals surface area contributed by atoms with Crippen molar-refractivity contribution >= 4 is 0 Å². The summed E-state index contributed by atoms with van der Waals surface area (Å²) in [4.78, 5) is 0. The Morgan fingerprint density at radius 1 is 1.24 bits per heavy atom. The number of hydrogen-bond acceptors (Lipinski definition) is 3. The normalized spacial score (nSPS) is 14.0. The molecule has 3 heteroatoms. The smallest absolute Gasteiger partial charge is 0.0645 e. The van der Waals surface area contributed by atoms with Gasteiger partial charge < -0.3 is 4.74 Å². The maximum Gasteiger partial charge on any atom is 0.0645 e. The average Bonchev–Trinajstić information content (AvgIpc) is 2.30. The van der Waals surface area contributed by atoms with Gasteiger partial charge in [0.25, 0.3) is 0 Å². The Balaban J connectivity index is 2.79. The quantitative estimate of drug-likeness (QED) is 0.588. The number of ether oxygens (including phenoxy) is 1. The highest BCUT2D eigenvalue weighted by molar-refractivity contribution is 5.25. The summed E-state index contributed by atoms with van der Waals surface area (Å²) in [6, 6.07) is 10.5. The van der Waals surface area contributed by atoms with Crippen LogP contribution in [0.1, 0.15) is 33.3 Å². The Labute approximate surface area is 104 Å². The maximum atomic E-state index is 5.66. The van der Waals surface area contributed by atoms with Gasteiger partial charge in [-0.3, -0.25) is 11.3 Å². The number of rotatable bonds is 6. The molecule has 0 saturated heterocycles. The summed E-state index contributed by atoms with van der Waals surface area (Å²) >= 11 is 0. The predicted molar refractivity (Wildman–Crippen MR) is 71.7 cm³/mol. The molecule has 0 bridgehead atoms. The Kier molecular flexibility index (Phi) is 5.12. The van der Waals surface area contributed by atoms with E-state index in [-0.39, 0.29) is 17.6 Å². The first kappa shape index (κ1) is 14.2. The highest BCUT2D eigenvalue weighted by Crippen LogP contribution is 2.27. The molecule has 0 amide bonds. The van der Waals surface area contributed by atoms with Crippen LogP contribution in [0.5, 0.6) is 0 Å². The van der Waals surface area contributed by atoms with Crippen molar-refractivity contribution in [3.63, 3.8) is 0 Å². The van der Waals surface area contributed by atoms with E-state index in [1.807, 2.05) is 32.0 Å². The lowest BCUT2D eigenvalue weighted by Gasteiger charge is -2.34. The van der Waals surface area contributed by atoms with Crippen LogP contribution >= 0.6 is 0 Å². The molecule has 96 valence electrons. The molecular weight excluding hydrogens is 212 g/mol. The van der Waals surface area contributed by atoms with Crippen LogP contribution in [0.4, 0.5) is 0 Å². The molecule has 17 heavy (non-hydrogen) atoms. The molecule has 3 nitrogen and oxygen atoms in total. The zero-order valence-electron chi connectivity index (χ0n) is 11.2. The van der Waals surface area contributed by atoms with E-state index in [2.05, 4.69) is 31.4 Å². The first-order chi connectivity index (χ1) is 7.98. The summed E-state index contributed by atoms with van der Waals surface area (Å²) in [6.45, 7) is 9.02. The van der Waals surface area contributed by atoms with Crippen molar-refractivity contribution in [2.45, 2.75) is 45.3 Å². The molecule has 3 N–H and O–H groups in total. The number of hydrogen-bond donors (Lipinski definition) is 2. The number of benzene rings is 1. The van der Waals surface area contributed by atoms with Gasteiger partial charge in [0.2, 0.25) is 0 Å². The van der Waals surface area contributed by atoms with Crippen molar-refractivity contribution in [2.75, 3.05) is 6.61 Å². The molecule has 1 aromatic carbocycles. The number of nitrogens with two attached hydrogens (primary N) is 1. The lowest BCUT2D eigenvalue weighted by molar-refractivity contribution is 0.0461. The van der Waals surface area contributed by atoms with E-state index in [1.54, 1.807) is 0 Å². The lowest BCUT2D eigenvalue weighted by Crippen LogP contribution is -2.51. The van der Waals surface area contributed by atoms with Crippen LogP contribution in [0.2, 0.25) is 0 Å². The van der Waals surface area contributed by atoms with Crippen molar-refractivity contribution in [3.8, 4) is 0 Å². The molecule has 0 spiro atoms. The third kappa shape index (κ3) is 3.80. The molecular formula is C14H24N2O. The van der Waals surface area contributed by atoms with E-state index in [9.17, 15) is 0 Å². The van der Waals surface area contributed by atoms with E-state index in [0.717, 1.165) is 0 Å². The fourth-order valence-corrected chi connectivity index (χ4v) is 1.82. The van der Waals surface area contributed by atoms with Gasteiger partial charge in [0.05, 0.1) is 18.8 Å². The fourth-order valence-electron chi connectivity index (χ4n) is 1.82. The van der Waals surface area contributed by atoms with Crippen LogP contribution in [-0.2, 0) is 10.2 Å². The van der Waals surface area contributed by atoms with Gasteiger partial charge in [0.15, 0.2) is 0 Å². The van der Waals surface area contributed by atoms with Crippen molar-refractivity contribution in [3.05, 3.63) is 35.9 Å². The molecule has 0 fully saturated rings. The highest BCUT2D eigenvalue weighted by atomic mass is 16.5. The molecule has 1 aromatic rings. The number of hydrazine groups is 1. The average molecular weight is 236 g/mol. The van der Waals surface area contributed by atoms with Gasteiger partial charge in [0, 0.05) is 5.41 Å². The van der Waals surface area contributed by atoms with Crippen LogP contribution in [-0.4, -0.2) is 18.8 Å². The first-order valence-electron chi connectivity index (χ1n) is 6.11. The van der Waals surface area contributed by atoms with Crippen LogP contribution < -0.4 is 11.3 Å². The van der Waals surface area contributed by atoms with E-state index < -0.39 is 0 Å². The number of nitrogens with one attached hydrogen (secondary N) is 1. The standard InChI is InChI=1S/C14H24N2O/c1-11(2)17-10-13(16-15)14(3,4)12-8-6-5-7-9-12/h5-9,11,13,16H,10,15H2,1-4H3. The van der Waals surface area contributed by atoms with Gasteiger partial charge in [-0.1, -0.05) is 44.2 Å². The van der Waals surface area contributed by atoms with E-state index in [0.29, 0.717) is 6.61 Å². The zero-order chi connectivity index (χ0) is 12.9. The molecule has 0 aliphatic carbocycles. The van der Waals surface area contributed by atoms with Gasteiger partial charge in [-0.2, -0.15) is 0 Å². The molecule has 0 aromatic heterocycles. The van der Waals surface area contributed by atoms with Crippen molar-refractivity contribution < 1.29 is 4.74 Å². The predicted octanol–water partition coefficient (Wildman–Crippen LogP) is 2.22. The lowest BCUT2D eigenvalue weighted by atomic mass is 9.78. The summed E-state index contributed by atoms with van der Waals surface area (Å²) in [5.41, 5.74) is 4.07. The van der Waals surface area contributed by atoms with E-state index >= 15 is 0 Å². The van der Waals surface area contributed by atoms with Crippen molar-refractivity contribution in [1.82, 2.24) is 5.43 Å². The Hall–Kier alpha value is -0.900. The Morgan fingerprint density at radius 2 is 1.82 bits per heavy atom. The van der Waals surface area contributed by atoms with E-state index in [1.165, 1.54) is 5.56 Å². The zero-order valence-corrected chi connectivity index (χ0v) is 11.2. The summed E-state index contributed by atoms with van der Waals surface area (Å²) in [5, 5.41) is 0. The monoisotopic (exact) mass is 236 g/mol.